The highest BCUT2D eigenvalue weighted by Crippen LogP contribution is 2.22. The summed E-state index contributed by atoms with van der Waals surface area (Å²) in [4.78, 5) is 4.56. The van der Waals surface area contributed by atoms with Crippen molar-refractivity contribution >= 4 is 5.90 Å². The summed E-state index contributed by atoms with van der Waals surface area (Å²) < 4.78 is 10.9. The Kier molecular flexibility index (Phi) is 3.98. The van der Waals surface area contributed by atoms with E-state index in [1.807, 2.05) is 24.3 Å². The molecule has 4 heteroatoms. The first-order valence-electron chi connectivity index (χ1n) is 5.89. The molecular formula is C13H18N2O2. The maximum Gasteiger partial charge on any atom is 0.220 e. The van der Waals surface area contributed by atoms with Crippen molar-refractivity contribution in [2.75, 3.05) is 20.3 Å². The van der Waals surface area contributed by atoms with Crippen LogP contribution in [0.3, 0.4) is 0 Å². The van der Waals surface area contributed by atoms with Gasteiger partial charge in [-0.25, -0.2) is 4.99 Å². The molecule has 2 N–H and O–H groups in total. The lowest BCUT2D eigenvalue weighted by molar-refractivity contribution is 0.309. The van der Waals surface area contributed by atoms with E-state index in [0.717, 1.165) is 24.2 Å². The van der Waals surface area contributed by atoms with Crippen molar-refractivity contribution in [3.63, 3.8) is 0 Å². The number of nitrogens with two attached hydrogens (primary N) is 1. The zero-order chi connectivity index (χ0) is 12.1. The zero-order valence-electron chi connectivity index (χ0n) is 10.1. The molecule has 92 valence electrons. The van der Waals surface area contributed by atoms with E-state index in [1.165, 1.54) is 0 Å². The van der Waals surface area contributed by atoms with Crippen LogP contribution >= 0.6 is 0 Å². The van der Waals surface area contributed by atoms with Crippen LogP contribution in [0.1, 0.15) is 18.4 Å². The topological polar surface area (TPSA) is 56.8 Å². The lowest BCUT2D eigenvalue weighted by Crippen LogP contribution is -2.09. The number of methoxy groups -OCH3 is 1. The number of nitrogens with zero attached hydrogens (tertiary/aromatic N) is 1. The van der Waals surface area contributed by atoms with E-state index < -0.39 is 0 Å². The third-order valence-electron chi connectivity index (χ3n) is 2.79. The Morgan fingerprint density at radius 2 is 2.29 bits per heavy atom. The SMILES string of the molecule is COc1ccccc1C1=NC(CCCN)CO1. The fourth-order valence-corrected chi connectivity index (χ4v) is 1.89. The molecule has 1 heterocycles. The fraction of sp³-hybridized carbons (Fsp3) is 0.462. The smallest absolute Gasteiger partial charge is 0.220 e. The van der Waals surface area contributed by atoms with Crippen LogP contribution in [-0.2, 0) is 4.74 Å². The first-order valence-corrected chi connectivity index (χ1v) is 5.89. The molecule has 2 rings (SSSR count). The lowest BCUT2D eigenvalue weighted by Gasteiger charge is -2.06. The van der Waals surface area contributed by atoms with Gasteiger partial charge in [-0.15, -0.1) is 0 Å². The predicted molar refractivity (Wildman–Crippen MR) is 67.6 cm³/mol. The van der Waals surface area contributed by atoms with Gasteiger partial charge in [0.05, 0.1) is 18.7 Å². The molecule has 1 aromatic rings. The van der Waals surface area contributed by atoms with Crippen LogP contribution in [0.5, 0.6) is 5.75 Å². The molecule has 0 saturated carbocycles. The number of para-hydroxylation sites is 1. The number of ether oxygens (including phenoxy) is 2. The standard InChI is InChI=1S/C13H18N2O2/c1-16-12-7-3-2-6-11(12)13-15-10(9-17-13)5-4-8-14/h2-3,6-7,10H,4-5,8-9,14H2,1H3. The van der Waals surface area contributed by atoms with Crippen molar-refractivity contribution in [1.82, 2.24) is 0 Å². The summed E-state index contributed by atoms with van der Waals surface area (Å²) in [5, 5.41) is 0. The molecule has 0 saturated heterocycles. The number of hydrogen-bond acceptors (Lipinski definition) is 4. The van der Waals surface area contributed by atoms with Crippen molar-refractivity contribution in [2.45, 2.75) is 18.9 Å². The summed E-state index contributed by atoms with van der Waals surface area (Å²) in [6.45, 7) is 1.35. The summed E-state index contributed by atoms with van der Waals surface area (Å²) in [6.07, 6.45) is 1.96. The fourth-order valence-electron chi connectivity index (χ4n) is 1.89. The monoisotopic (exact) mass is 234 g/mol. The minimum Gasteiger partial charge on any atom is -0.496 e. The molecule has 1 atom stereocenters. The van der Waals surface area contributed by atoms with Gasteiger partial charge in [0.1, 0.15) is 12.4 Å². The number of rotatable bonds is 5. The highest BCUT2D eigenvalue weighted by atomic mass is 16.5. The van der Waals surface area contributed by atoms with Crippen LogP contribution in [0, 0.1) is 0 Å². The van der Waals surface area contributed by atoms with Crippen LogP contribution in [0.15, 0.2) is 29.3 Å². The summed E-state index contributed by atoms with van der Waals surface area (Å²) in [7, 11) is 1.65. The molecule has 1 aliphatic heterocycles. The lowest BCUT2D eigenvalue weighted by atomic mass is 10.2. The van der Waals surface area contributed by atoms with Gasteiger partial charge < -0.3 is 15.2 Å². The molecule has 1 aromatic carbocycles. The predicted octanol–water partition coefficient (Wildman–Crippen LogP) is 1.58. The summed E-state index contributed by atoms with van der Waals surface area (Å²) in [5.41, 5.74) is 6.41. The molecule has 0 fully saturated rings. The van der Waals surface area contributed by atoms with E-state index in [1.54, 1.807) is 7.11 Å². The first-order chi connectivity index (χ1) is 8.35. The molecule has 1 unspecified atom stereocenters. The number of benzene rings is 1. The Labute approximate surface area is 101 Å². The van der Waals surface area contributed by atoms with E-state index >= 15 is 0 Å². The Hall–Kier alpha value is -1.55. The molecule has 0 bridgehead atoms. The summed E-state index contributed by atoms with van der Waals surface area (Å²) >= 11 is 0. The van der Waals surface area contributed by atoms with Gasteiger partial charge in [0.2, 0.25) is 5.90 Å². The van der Waals surface area contributed by atoms with Gasteiger partial charge in [-0.2, -0.15) is 0 Å². The average Bonchev–Trinajstić information content (AvgIpc) is 2.85. The second-order valence-electron chi connectivity index (χ2n) is 4.03. The molecule has 0 aliphatic carbocycles. The Morgan fingerprint density at radius 3 is 3.06 bits per heavy atom. The normalized spacial score (nSPS) is 18.7. The van der Waals surface area contributed by atoms with Crippen LogP contribution in [0.2, 0.25) is 0 Å². The van der Waals surface area contributed by atoms with Crippen LogP contribution in [0.25, 0.3) is 0 Å². The van der Waals surface area contributed by atoms with Gasteiger partial charge in [-0.3, -0.25) is 0 Å². The second-order valence-corrected chi connectivity index (χ2v) is 4.03. The third kappa shape index (κ3) is 2.77. The highest BCUT2D eigenvalue weighted by Gasteiger charge is 2.21. The van der Waals surface area contributed by atoms with Gasteiger partial charge >= 0.3 is 0 Å². The van der Waals surface area contributed by atoms with Crippen molar-refractivity contribution in [3.05, 3.63) is 29.8 Å². The average molecular weight is 234 g/mol. The molecular weight excluding hydrogens is 216 g/mol. The Balaban J connectivity index is 2.12. The van der Waals surface area contributed by atoms with E-state index in [9.17, 15) is 0 Å². The van der Waals surface area contributed by atoms with E-state index in [2.05, 4.69) is 4.99 Å². The van der Waals surface area contributed by atoms with Gasteiger partial charge in [0.15, 0.2) is 0 Å². The van der Waals surface area contributed by atoms with Crippen LogP contribution in [0.4, 0.5) is 0 Å². The van der Waals surface area contributed by atoms with Crippen molar-refractivity contribution in [3.8, 4) is 5.75 Å². The van der Waals surface area contributed by atoms with Crippen molar-refractivity contribution in [2.24, 2.45) is 10.7 Å². The minimum absolute atomic E-state index is 0.235. The maximum absolute atomic E-state index is 5.62. The van der Waals surface area contributed by atoms with Gasteiger partial charge in [0.25, 0.3) is 0 Å². The minimum atomic E-state index is 0.235. The third-order valence-corrected chi connectivity index (χ3v) is 2.79. The zero-order valence-corrected chi connectivity index (χ0v) is 10.1. The summed E-state index contributed by atoms with van der Waals surface area (Å²) in [5.74, 6) is 1.48. The highest BCUT2D eigenvalue weighted by molar-refractivity contribution is 5.97. The second kappa shape index (κ2) is 5.68. The number of aliphatic imine (C=N–C) groups is 1. The molecule has 0 spiro atoms. The largest absolute Gasteiger partial charge is 0.496 e. The number of hydrogen-bond donors (Lipinski definition) is 1. The maximum atomic E-state index is 5.62. The van der Waals surface area contributed by atoms with Crippen LogP contribution < -0.4 is 10.5 Å². The van der Waals surface area contributed by atoms with Crippen molar-refractivity contribution < 1.29 is 9.47 Å². The Morgan fingerprint density at radius 1 is 1.47 bits per heavy atom. The van der Waals surface area contributed by atoms with Gasteiger partial charge in [-0.1, -0.05) is 12.1 Å². The van der Waals surface area contributed by atoms with E-state index in [0.29, 0.717) is 19.0 Å². The molecule has 0 aromatic heterocycles. The molecule has 0 amide bonds. The van der Waals surface area contributed by atoms with Gasteiger partial charge in [0, 0.05) is 0 Å². The molecule has 4 nitrogen and oxygen atoms in total. The van der Waals surface area contributed by atoms with Crippen LogP contribution in [-0.4, -0.2) is 32.2 Å². The summed E-state index contributed by atoms with van der Waals surface area (Å²) in [6, 6.07) is 8.00. The molecule has 17 heavy (non-hydrogen) atoms. The molecule has 1 aliphatic rings. The first kappa shape index (κ1) is 11.9. The van der Waals surface area contributed by atoms with Gasteiger partial charge in [-0.05, 0) is 31.5 Å². The quantitative estimate of drug-likeness (QED) is 0.841. The van der Waals surface area contributed by atoms with E-state index in [-0.39, 0.29) is 6.04 Å². The molecule has 0 radical (unpaired) electrons. The van der Waals surface area contributed by atoms with E-state index in [4.69, 9.17) is 15.2 Å². The van der Waals surface area contributed by atoms with Crippen molar-refractivity contribution in [1.29, 1.82) is 0 Å². The Bertz CT molecular complexity index is 404.